The summed E-state index contributed by atoms with van der Waals surface area (Å²) in [5.74, 6) is -0.438. The Hall–Kier alpha value is -2.37. The number of anilines is 1. The van der Waals surface area contributed by atoms with Crippen LogP contribution in [-0.2, 0) is 0 Å². The Morgan fingerprint density at radius 3 is 2.45 bits per heavy atom. The van der Waals surface area contributed by atoms with Crippen LogP contribution in [0.3, 0.4) is 0 Å². The minimum atomic E-state index is -0.527. The van der Waals surface area contributed by atoms with Crippen molar-refractivity contribution in [2.75, 3.05) is 5.32 Å². The van der Waals surface area contributed by atoms with E-state index in [9.17, 15) is 4.79 Å². The summed E-state index contributed by atoms with van der Waals surface area (Å²) in [6.45, 7) is 0. The Kier molecular flexibility index (Phi) is 4.09. The molecule has 3 aromatic rings. The van der Waals surface area contributed by atoms with Crippen LogP contribution in [-0.4, -0.2) is 16.1 Å². The maximum atomic E-state index is 12.1. The highest BCUT2D eigenvalue weighted by molar-refractivity contribution is 6.33. The van der Waals surface area contributed by atoms with Gasteiger partial charge in [0.05, 0.1) is 10.7 Å². The highest BCUT2D eigenvalue weighted by atomic mass is 35.5. The van der Waals surface area contributed by atoms with Crippen LogP contribution in [0.2, 0.25) is 10.0 Å². The first-order chi connectivity index (χ1) is 10.6. The van der Waals surface area contributed by atoms with Crippen LogP contribution in [0.15, 0.2) is 52.9 Å². The normalized spacial score (nSPS) is 10.5. The summed E-state index contributed by atoms with van der Waals surface area (Å²) in [4.78, 5) is 12.1. The summed E-state index contributed by atoms with van der Waals surface area (Å²) in [7, 11) is 0. The molecule has 0 aliphatic heterocycles. The molecule has 0 aliphatic rings. The van der Waals surface area contributed by atoms with Crippen LogP contribution in [0, 0.1) is 0 Å². The molecule has 0 aliphatic carbocycles. The molecule has 22 heavy (non-hydrogen) atoms. The highest BCUT2D eigenvalue weighted by Crippen LogP contribution is 2.23. The van der Waals surface area contributed by atoms with Crippen molar-refractivity contribution in [1.82, 2.24) is 10.2 Å². The third-order valence-corrected chi connectivity index (χ3v) is 3.41. The lowest BCUT2D eigenvalue weighted by atomic mass is 10.2. The second-order valence-corrected chi connectivity index (χ2v) is 5.20. The molecule has 0 spiro atoms. The molecule has 0 bridgehead atoms. The minimum absolute atomic E-state index is 0.148. The number of carbonyl (C=O) groups excluding carboxylic acids is 1. The summed E-state index contributed by atoms with van der Waals surface area (Å²) in [6.07, 6.45) is 0. The zero-order chi connectivity index (χ0) is 15.5. The van der Waals surface area contributed by atoms with Crippen LogP contribution in [0.25, 0.3) is 11.5 Å². The summed E-state index contributed by atoms with van der Waals surface area (Å²) >= 11 is 11.8. The fraction of sp³-hybridized carbons (Fsp3) is 0. The fourth-order valence-electron chi connectivity index (χ4n) is 1.76. The monoisotopic (exact) mass is 333 g/mol. The number of para-hydroxylation sites is 1. The second-order valence-electron chi connectivity index (χ2n) is 4.35. The Morgan fingerprint density at radius 2 is 1.73 bits per heavy atom. The topological polar surface area (TPSA) is 68.0 Å². The van der Waals surface area contributed by atoms with Gasteiger partial charge in [-0.1, -0.05) is 35.3 Å². The first-order valence-electron chi connectivity index (χ1n) is 6.29. The van der Waals surface area contributed by atoms with Crippen molar-refractivity contribution in [2.45, 2.75) is 0 Å². The molecule has 0 saturated carbocycles. The number of nitrogens with zero attached hydrogens (tertiary/aromatic N) is 2. The number of benzene rings is 2. The summed E-state index contributed by atoms with van der Waals surface area (Å²) in [6, 6.07) is 13.7. The van der Waals surface area contributed by atoms with Crippen molar-refractivity contribution < 1.29 is 9.21 Å². The maximum absolute atomic E-state index is 12.1. The van der Waals surface area contributed by atoms with Crippen molar-refractivity contribution in [2.24, 2.45) is 0 Å². The smallest absolute Gasteiger partial charge is 0.313 e. The molecule has 0 atom stereocenters. The van der Waals surface area contributed by atoms with Gasteiger partial charge in [-0.05, 0) is 36.4 Å². The predicted molar refractivity (Wildman–Crippen MR) is 84.1 cm³/mol. The SMILES string of the molecule is O=C(Nc1ccccc1Cl)c1nnc(-c2ccc(Cl)cc2)o1. The van der Waals surface area contributed by atoms with E-state index >= 15 is 0 Å². The van der Waals surface area contributed by atoms with Gasteiger partial charge in [0, 0.05) is 10.6 Å². The van der Waals surface area contributed by atoms with Gasteiger partial charge < -0.3 is 9.73 Å². The van der Waals surface area contributed by atoms with Crippen LogP contribution in [0.5, 0.6) is 0 Å². The lowest BCUT2D eigenvalue weighted by Crippen LogP contribution is -2.12. The van der Waals surface area contributed by atoms with E-state index < -0.39 is 5.91 Å². The van der Waals surface area contributed by atoms with Gasteiger partial charge >= 0.3 is 11.8 Å². The number of aromatic nitrogens is 2. The average Bonchev–Trinajstić information content (AvgIpc) is 3.00. The lowest BCUT2D eigenvalue weighted by molar-refractivity contribution is 0.0991. The molecule has 2 aromatic carbocycles. The molecular formula is C15H9Cl2N3O2. The molecule has 110 valence electrons. The number of carbonyl (C=O) groups is 1. The molecular weight excluding hydrogens is 325 g/mol. The second kappa shape index (κ2) is 6.17. The standard InChI is InChI=1S/C15H9Cl2N3O2/c16-10-7-5-9(6-8-10)14-19-20-15(22-14)13(21)18-12-4-2-1-3-11(12)17/h1-8H,(H,18,21). The van der Waals surface area contributed by atoms with Crippen LogP contribution in [0.1, 0.15) is 10.7 Å². The molecule has 0 unspecified atom stereocenters. The van der Waals surface area contributed by atoms with Gasteiger partial charge in [0.25, 0.3) is 0 Å². The number of rotatable bonds is 3. The number of nitrogens with one attached hydrogen (secondary N) is 1. The number of amides is 1. The largest absolute Gasteiger partial charge is 0.412 e. The van der Waals surface area contributed by atoms with E-state index in [0.29, 0.717) is 21.3 Å². The quantitative estimate of drug-likeness (QED) is 0.776. The van der Waals surface area contributed by atoms with E-state index in [1.807, 2.05) is 0 Å². The molecule has 1 amide bonds. The summed E-state index contributed by atoms with van der Waals surface area (Å²) in [5, 5.41) is 11.2. The fourth-order valence-corrected chi connectivity index (χ4v) is 2.07. The first kappa shape index (κ1) is 14.6. The van der Waals surface area contributed by atoms with Crippen LogP contribution >= 0.6 is 23.2 Å². The third kappa shape index (κ3) is 3.10. The van der Waals surface area contributed by atoms with E-state index in [0.717, 1.165) is 0 Å². The minimum Gasteiger partial charge on any atom is -0.412 e. The van der Waals surface area contributed by atoms with Crippen molar-refractivity contribution in [3.05, 3.63) is 64.5 Å². The molecule has 0 radical (unpaired) electrons. The number of hydrogen-bond acceptors (Lipinski definition) is 4. The number of hydrogen-bond donors (Lipinski definition) is 1. The van der Waals surface area contributed by atoms with Crippen LogP contribution < -0.4 is 5.32 Å². The maximum Gasteiger partial charge on any atom is 0.313 e. The van der Waals surface area contributed by atoms with Gasteiger partial charge in [-0.25, -0.2) is 0 Å². The van der Waals surface area contributed by atoms with E-state index in [2.05, 4.69) is 15.5 Å². The Balaban J connectivity index is 1.80. The molecule has 0 saturated heterocycles. The Labute approximate surface area is 135 Å². The van der Waals surface area contributed by atoms with E-state index in [1.165, 1.54) is 0 Å². The van der Waals surface area contributed by atoms with Crippen molar-refractivity contribution in [1.29, 1.82) is 0 Å². The highest BCUT2D eigenvalue weighted by Gasteiger charge is 2.16. The zero-order valence-corrected chi connectivity index (χ0v) is 12.6. The predicted octanol–water partition coefficient (Wildman–Crippen LogP) is 4.30. The molecule has 1 N–H and O–H groups in total. The van der Waals surface area contributed by atoms with Gasteiger partial charge in [0.15, 0.2) is 0 Å². The average molecular weight is 334 g/mol. The third-order valence-electron chi connectivity index (χ3n) is 2.83. The summed E-state index contributed by atoms with van der Waals surface area (Å²) in [5.41, 5.74) is 1.15. The van der Waals surface area contributed by atoms with Crippen LogP contribution in [0.4, 0.5) is 5.69 Å². The Morgan fingerprint density at radius 1 is 1.00 bits per heavy atom. The van der Waals surface area contributed by atoms with E-state index in [1.54, 1.807) is 48.5 Å². The van der Waals surface area contributed by atoms with Crippen molar-refractivity contribution in [3.8, 4) is 11.5 Å². The van der Waals surface area contributed by atoms with E-state index in [-0.39, 0.29) is 11.8 Å². The number of halogens is 2. The van der Waals surface area contributed by atoms with Gasteiger partial charge in [-0.15, -0.1) is 10.2 Å². The van der Waals surface area contributed by atoms with Gasteiger partial charge in [-0.3, -0.25) is 4.79 Å². The van der Waals surface area contributed by atoms with E-state index in [4.69, 9.17) is 27.6 Å². The van der Waals surface area contributed by atoms with Gasteiger partial charge in [0.1, 0.15) is 0 Å². The van der Waals surface area contributed by atoms with Crippen molar-refractivity contribution in [3.63, 3.8) is 0 Å². The zero-order valence-electron chi connectivity index (χ0n) is 11.1. The molecule has 5 nitrogen and oxygen atoms in total. The van der Waals surface area contributed by atoms with Gasteiger partial charge in [0.2, 0.25) is 5.89 Å². The summed E-state index contributed by atoms with van der Waals surface area (Å²) < 4.78 is 5.36. The van der Waals surface area contributed by atoms with Crippen molar-refractivity contribution >= 4 is 34.8 Å². The van der Waals surface area contributed by atoms with Gasteiger partial charge in [-0.2, -0.15) is 0 Å². The molecule has 3 rings (SSSR count). The molecule has 1 aromatic heterocycles. The molecule has 1 heterocycles. The lowest BCUT2D eigenvalue weighted by Gasteiger charge is -2.03. The Bertz CT molecular complexity index is 816. The molecule has 0 fully saturated rings. The first-order valence-corrected chi connectivity index (χ1v) is 7.04. The molecule has 7 heteroatoms.